The highest BCUT2D eigenvalue weighted by molar-refractivity contribution is 5.95. The zero-order valence-electron chi connectivity index (χ0n) is 11.3. The Morgan fingerprint density at radius 1 is 1.35 bits per heavy atom. The van der Waals surface area contributed by atoms with Crippen LogP contribution >= 0.6 is 0 Å². The van der Waals surface area contributed by atoms with Crippen LogP contribution in [-0.4, -0.2) is 30.3 Å². The predicted octanol–water partition coefficient (Wildman–Crippen LogP) is 3.04. The summed E-state index contributed by atoms with van der Waals surface area (Å²) in [4.78, 5) is 13.7. The molecule has 0 unspecified atom stereocenters. The number of amides is 1. The fourth-order valence-corrected chi connectivity index (χ4v) is 1.75. The summed E-state index contributed by atoms with van der Waals surface area (Å²) < 4.78 is 40.1. The zero-order chi connectivity index (χ0) is 15.3. The molecule has 0 saturated heterocycles. The first-order chi connectivity index (χ1) is 9.28. The minimum atomic E-state index is -4.81. The maximum absolute atomic E-state index is 12.1. The van der Waals surface area contributed by atoms with Gasteiger partial charge in [-0.25, -0.2) is 0 Å². The molecule has 0 heterocycles. The largest absolute Gasteiger partial charge is 0.573 e. The number of halogens is 3. The first-order valence-electron chi connectivity index (χ1n) is 6.23. The van der Waals surface area contributed by atoms with Crippen molar-refractivity contribution in [1.29, 1.82) is 0 Å². The average Bonchev–Trinajstić information content (AvgIpc) is 2.36. The lowest BCUT2D eigenvalue weighted by Crippen LogP contribution is -2.31. The Labute approximate surface area is 115 Å². The standard InChI is InChI=1S/C13H17F3N2O2/c1-3-7-18(4-2)12(19)9-5-6-11(10(17)8-9)20-13(14,15)16/h5-6,8H,3-4,7,17H2,1-2H3. The Balaban J connectivity index is 2.94. The van der Waals surface area contributed by atoms with Crippen molar-refractivity contribution in [3.8, 4) is 5.75 Å². The highest BCUT2D eigenvalue weighted by Gasteiger charge is 2.32. The number of hydrogen-bond acceptors (Lipinski definition) is 3. The Kier molecular flexibility index (Phi) is 5.24. The third kappa shape index (κ3) is 4.32. The summed E-state index contributed by atoms with van der Waals surface area (Å²) in [6.45, 7) is 4.87. The molecule has 0 spiro atoms. The molecule has 1 aromatic rings. The van der Waals surface area contributed by atoms with Crippen LogP contribution in [0.5, 0.6) is 5.75 Å². The molecule has 2 N–H and O–H groups in total. The van der Waals surface area contributed by atoms with Crippen LogP contribution in [0.4, 0.5) is 18.9 Å². The van der Waals surface area contributed by atoms with E-state index in [1.807, 2.05) is 13.8 Å². The monoisotopic (exact) mass is 290 g/mol. The van der Waals surface area contributed by atoms with Crippen molar-refractivity contribution in [2.45, 2.75) is 26.6 Å². The quantitative estimate of drug-likeness (QED) is 0.848. The fraction of sp³-hybridized carbons (Fsp3) is 0.462. The second-order valence-corrected chi connectivity index (χ2v) is 4.19. The number of hydrogen-bond donors (Lipinski definition) is 1. The van der Waals surface area contributed by atoms with E-state index in [2.05, 4.69) is 4.74 Å². The van der Waals surface area contributed by atoms with Gasteiger partial charge in [0.15, 0.2) is 5.75 Å². The van der Waals surface area contributed by atoms with Crippen molar-refractivity contribution in [2.24, 2.45) is 0 Å². The number of ether oxygens (including phenoxy) is 1. The van der Waals surface area contributed by atoms with E-state index in [-0.39, 0.29) is 17.2 Å². The molecule has 0 aliphatic carbocycles. The van der Waals surface area contributed by atoms with Gasteiger partial charge in [-0.2, -0.15) is 0 Å². The van der Waals surface area contributed by atoms with Gasteiger partial charge in [0.1, 0.15) is 0 Å². The molecule has 1 rings (SSSR count). The van der Waals surface area contributed by atoms with Gasteiger partial charge < -0.3 is 15.4 Å². The third-order valence-electron chi connectivity index (χ3n) is 2.64. The van der Waals surface area contributed by atoms with Crippen LogP contribution < -0.4 is 10.5 Å². The van der Waals surface area contributed by atoms with Gasteiger partial charge in [-0.1, -0.05) is 6.92 Å². The Hall–Kier alpha value is -1.92. The van der Waals surface area contributed by atoms with Crippen molar-refractivity contribution in [3.63, 3.8) is 0 Å². The van der Waals surface area contributed by atoms with Crippen molar-refractivity contribution in [3.05, 3.63) is 23.8 Å². The first-order valence-corrected chi connectivity index (χ1v) is 6.23. The normalized spacial score (nSPS) is 11.2. The minimum absolute atomic E-state index is 0.222. The predicted molar refractivity (Wildman–Crippen MR) is 69.4 cm³/mol. The van der Waals surface area contributed by atoms with E-state index in [1.54, 1.807) is 4.90 Å². The summed E-state index contributed by atoms with van der Waals surface area (Å²) in [6.07, 6.45) is -4.01. The molecule has 0 atom stereocenters. The summed E-state index contributed by atoms with van der Waals surface area (Å²) in [7, 11) is 0. The molecule has 0 aromatic heterocycles. The molecule has 0 aliphatic rings. The molecule has 112 valence electrons. The third-order valence-corrected chi connectivity index (χ3v) is 2.64. The first kappa shape index (κ1) is 16.1. The van der Waals surface area contributed by atoms with Crippen molar-refractivity contribution < 1.29 is 22.7 Å². The Bertz CT molecular complexity index is 475. The van der Waals surface area contributed by atoms with Crippen LogP contribution in [0.3, 0.4) is 0 Å². The SMILES string of the molecule is CCCN(CC)C(=O)c1ccc(OC(F)(F)F)c(N)c1. The molecule has 0 bridgehead atoms. The second-order valence-electron chi connectivity index (χ2n) is 4.19. The topological polar surface area (TPSA) is 55.6 Å². The van der Waals surface area contributed by atoms with E-state index in [1.165, 1.54) is 12.1 Å². The van der Waals surface area contributed by atoms with Crippen LogP contribution in [0, 0.1) is 0 Å². The molecule has 0 fully saturated rings. The lowest BCUT2D eigenvalue weighted by molar-refractivity contribution is -0.274. The molecule has 1 aromatic carbocycles. The van der Waals surface area contributed by atoms with Gasteiger partial charge in [0.2, 0.25) is 0 Å². The van der Waals surface area contributed by atoms with E-state index >= 15 is 0 Å². The van der Waals surface area contributed by atoms with Gasteiger partial charge in [0.25, 0.3) is 5.91 Å². The van der Waals surface area contributed by atoms with Crippen molar-refractivity contribution >= 4 is 11.6 Å². The number of rotatable bonds is 5. The van der Waals surface area contributed by atoms with Gasteiger partial charge in [0, 0.05) is 18.7 Å². The van der Waals surface area contributed by atoms with Crippen LogP contribution in [0.1, 0.15) is 30.6 Å². The molecule has 4 nitrogen and oxygen atoms in total. The van der Waals surface area contributed by atoms with Crippen LogP contribution in [0.15, 0.2) is 18.2 Å². The summed E-state index contributed by atoms with van der Waals surface area (Å²) in [6, 6.07) is 3.52. The van der Waals surface area contributed by atoms with E-state index in [0.717, 1.165) is 12.5 Å². The van der Waals surface area contributed by atoms with Gasteiger partial charge >= 0.3 is 6.36 Å². The molecular formula is C13H17F3N2O2. The molecule has 7 heteroatoms. The van der Waals surface area contributed by atoms with Gasteiger partial charge in [-0.05, 0) is 31.5 Å². The summed E-state index contributed by atoms with van der Waals surface area (Å²) in [5, 5.41) is 0. The van der Waals surface area contributed by atoms with Crippen molar-refractivity contribution in [1.82, 2.24) is 4.90 Å². The van der Waals surface area contributed by atoms with Crippen LogP contribution in [0.2, 0.25) is 0 Å². The van der Waals surface area contributed by atoms with Crippen LogP contribution in [0.25, 0.3) is 0 Å². The average molecular weight is 290 g/mol. The number of carbonyl (C=O) groups is 1. The van der Waals surface area contributed by atoms with E-state index in [4.69, 9.17) is 5.73 Å². The zero-order valence-corrected chi connectivity index (χ0v) is 11.3. The maximum Gasteiger partial charge on any atom is 0.573 e. The lowest BCUT2D eigenvalue weighted by Gasteiger charge is -2.20. The van der Waals surface area contributed by atoms with E-state index in [9.17, 15) is 18.0 Å². The molecule has 0 saturated carbocycles. The number of nitrogens with two attached hydrogens (primary N) is 1. The smallest absolute Gasteiger partial charge is 0.404 e. The number of alkyl halides is 3. The Morgan fingerprint density at radius 3 is 2.45 bits per heavy atom. The number of nitrogen functional groups attached to an aromatic ring is 1. The van der Waals surface area contributed by atoms with E-state index in [0.29, 0.717) is 13.1 Å². The Morgan fingerprint density at radius 2 is 2.00 bits per heavy atom. The number of benzene rings is 1. The minimum Gasteiger partial charge on any atom is -0.404 e. The second kappa shape index (κ2) is 6.49. The molecule has 1 amide bonds. The van der Waals surface area contributed by atoms with Gasteiger partial charge in [-0.15, -0.1) is 13.2 Å². The number of anilines is 1. The molecule has 20 heavy (non-hydrogen) atoms. The van der Waals surface area contributed by atoms with Crippen LogP contribution in [-0.2, 0) is 0 Å². The summed E-state index contributed by atoms with van der Waals surface area (Å²) >= 11 is 0. The summed E-state index contributed by atoms with van der Waals surface area (Å²) in [5.74, 6) is -0.771. The molecule has 0 aliphatic heterocycles. The highest BCUT2D eigenvalue weighted by Crippen LogP contribution is 2.29. The van der Waals surface area contributed by atoms with Gasteiger partial charge in [0.05, 0.1) is 5.69 Å². The molecular weight excluding hydrogens is 273 g/mol. The highest BCUT2D eigenvalue weighted by atomic mass is 19.4. The number of carbonyl (C=O) groups excluding carboxylic acids is 1. The lowest BCUT2D eigenvalue weighted by atomic mass is 10.1. The molecule has 0 radical (unpaired) electrons. The fourth-order valence-electron chi connectivity index (χ4n) is 1.75. The van der Waals surface area contributed by atoms with Gasteiger partial charge in [-0.3, -0.25) is 4.79 Å². The van der Waals surface area contributed by atoms with E-state index < -0.39 is 12.1 Å². The van der Waals surface area contributed by atoms with Crippen molar-refractivity contribution in [2.75, 3.05) is 18.8 Å². The summed E-state index contributed by atoms with van der Waals surface area (Å²) in [5.41, 5.74) is 5.51. The maximum atomic E-state index is 12.1. The number of nitrogens with zero attached hydrogens (tertiary/aromatic N) is 1.